The molecule has 88 valence electrons. The van der Waals surface area contributed by atoms with E-state index < -0.39 is 17.4 Å². The fourth-order valence-electron chi connectivity index (χ4n) is 1.14. The second kappa shape index (κ2) is 4.35. The molecule has 1 aromatic carbocycles. The molecule has 0 aliphatic heterocycles. The van der Waals surface area contributed by atoms with Gasteiger partial charge in [0.25, 0.3) is 0 Å². The van der Waals surface area contributed by atoms with E-state index in [-0.39, 0.29) is 11.4 Å². The molecule has 0 saturated carbocycles. The molecule has 0 fully saturated rings. The van der Waals surface area contributed by atoms with Crippen molar-refractivity contribution in [1.82, 2.24) is 0 Å². The predicted molar refractivity (Wildman–Crippen MR) is 48.9 cm³/mol. The molecule has 0 bridgehead atoms. The Kier molecular flexibility index (Phi) is 3.33. The highest BCUT2D eigenvalue weighted by Gasteiger charge is 2.32. The van der Waals surface area contributed by atoms with Gasteiger partial charge < -0.3 is 4.74 Å². The van der Waals surface area contributed by atoms with Crippen LogP contribution >= 0.6 is 0 Å². The summed E-state index contributed by atoms with van der Waals surface area (Å²) in [4.78, 5) is 10.3. The fraction of sp³-hybridized carbons (Fsp3) is 0.250. The number of benzene rings is 1. The Morgan fingerprint density at radius 1 is 1.44 bits per heavy atom. The molecule has 0 aromatic heterocycles. The van der Waals surface area contributed by atoms with Crippen molar-refractivity contribution >= 4 is 11.4 Å². The van der Waals surface area contributed by atoms with Gasteiger partial charge in [-0.15, -0.1) is 4.91 Å². The van der Waals surface area contributed by atoms with Crippen molar-refractivity contribution in [1.29, 1.82) is 0 Å². The van der Waals surface area contributed by atoms with Gasteiger partial charge in [0.15, 0.2) is 11.4 Å². The van der Waals surface area contributed by atoms with Gasteiger partial charge in [-0.05, 0) is 17.3 Å². The fourth-order valence-corrected chi connectivity index (χ4v) is 1.14. The number of nitrogens with zero attached hydrogens (tertiary/aromatic N) is 1. The molecule has 0 unspecified atom stereocenters. The van der Waals surface area contributed by atoms with Crippen LogP contribution in [0.5, 0.6) is 5.75 Å². The molecule has 0 amide bonds. The zero-order chi connectivity index (χ0) is 12.3. The van der Waals surface area contributed by atoms with E-state index in [1.165, 1.54) is 5.48 Å². The number of halogens is 3. The summed E-state index contributed by atoms with van der Waals surface area (Å²) in [6.07, 6.45) is -4.64. The van der Waals surface area contributed by atoms with Crippen LogP contribution in [0.1, 0.15) is 5.56 Å². The molecule has 0 heterocycles. The van der Waals surface area contributed by atoms with Crippen LogP contribution in [0.2, 0.25) is 0 Å². The van der Waals surface area contributed by atoms with Crippen LogP contribution < -0.4 is 10.2 Å². The predicted octanol–water partition coefficient (Wildman–Crippen LogP) is 2.91. The maximum atomic E-state index is 12.4. The Balaban J connectivity index is 3.43. The van der Waals surface area contributed by atoms with E-state index in [1.807, 2.05) is 0 Å². The van der Waals surface area contributed by atoms with Crippen molar-refractivity contribution in [2.75, 3.05) is 12.6 Å². The highest BCUT2D eigenvalue weighted by molar-refractivity contribution is 5.69. The first-order valence-corrected chi connectivity index (χ1v) is 3.96. The number of anilines is 1. The molecule has 0 radical (unpaired) electrons. The van der Waals surface area contributed by atoms with Crippen LogP contribution in [0.15, 0.2) is 17.3 Å². The lowest BCUT2D eigenvalue weighted by Crippen LogP contribution is -2.06. The highest BCUT2D eigenvalue weighted by atomic mass is 19.4. The Morgan fingerprint density at radius 2 is 2.06 bits per heavy atom. The van der Waals surface area contributed by atoms with E-state index in [4.69, 9.17) is 5.21 Å². The summed E-state index contributed by atoms with van der Waals surface area (Å²) in [6, 6.07) is 1.14. The first kappa shape index (κ1) is 12.2. The van der Waals surface area contributed by atoms with Gasteiger partial charge in [0.05, 0.1) is 12.7 Å². The van der Waals surface area contributed by atoms with Crippen molar-refractivity contribution < 1.29 is 23.1 Å². The molecular weight excluding hydrogens is 229 g/mol. The van der Waals surface area contributed by atoms with Gasteiger partial charge in [-0.1, -0.05) is 0 Å². The number of alkyl halides is 3. The van der Waals surface area contributed by atoms with Crippen LogP contribution in [-0.4, -0.2) is 12.3 Å². The van der Waals surface area contributed by atoms with E-state index in [1.54, 1.807) is 0 Å². The average molecular weight is 236 g/mol. The lowest BCUT2D eigenvalue weighted by atomic mass is 10.1. The summed E-state index contributed by atoms with van der Waals surface area (Å²) in [5, 5.41) is 11.0. The van der Waals surface area contributed by atoms with Crippen molar-refractivity contribution in [2.24, 2.45) is 5.18 Å². The summed E-state index contributed by atoms with van der Waals surface area (Å²) in [6.45, 7) is 0. The number of hydrogen-bond acceptors (Lipinski definition) is 5. The molecule has 0 atom stereocenters. The maximum absolute atomic E-state index is 12.4. The van der Waals surface area contributed by atoms with E-state index in [0.717, 1.165) is 7.11 Å². The Labute approximate surface area is 87.8 Å². The average Bonchev–Trinajstić information content (AvgIpc) is 2.25. The number of nitrogens with one attached hydrogen (secondary N) is 1. The molecule has 0 spiro atoms. The second-order valence-electron chi connectivity index (χ2n) is 2.78. The zero-order valence-corrected chi connectivity index (χ0v) is 8.00. The lowest BCUT2D eigenvalue weighted by molar-refractivity contribution is -0.137. The normalized spacial score (nSPS) is 11.1. The van der Waals surface area contributed by atoms with Gasteiger partial charge in [-0.2, -0.15) is 13.2 Å². The van der Waals surface area contributed by atoms with Crippen molar-refractivity contribution in [3.63, 3.8) is 0 Å². The number of hydrogen-bond donors (Lipinski definition) is 2. The van der Waals surface area contributed by atoms with Crippen LogP contribution in [-0.2, 0) is 6.18 Å². The topological polar surface area (TPSA) is 70.9 Å². The van der Waals surface area contributed by atoms with Gasteiger partial charge in [-0.25, -0.2) is 0 Å². The standard InChI is InChI=1S/C8H7F3N2O3/c1-16-7-5(12-14)2-4(8(9,10)11)3-6(7)13-15/h2-3,12,14H,1H3. The molecule has 1 aromatic rings. The lowest BCUT2D eigenvalue weighted by Gasteiger charge is -2.12. The third kappa shape index (κ3) is 2.22. The molecule has 8 heteroatoms. The van der Waals surface area contributed by atoms with Crippen LogP contribution in [0.3, 0.4) is 0 Å². The molecule has 5 nitrogen and oxygen atoms in total. The minimum Gasteiger partial charge on any atom is -0.492 e. The largest absolute Gasteiger partial charge is 0.492 e. The monoisotopic (exact) mass is 236 g/mol. The summed E-state index contributed by atoms with van der Waals surface area (Å²) >= 11 is 0. The Morgan fingerprint density at radius 3 is 2.44 bits per heavy atom. The first-order valence-electron chi connectivity index (χ1n) is 3.96. The molecule has 2 N–H and O–H groups in total. The quantitative estimate of drug-likeness (QED) is 0.625. The summed E-state index contributed by atoms with van der Waals surface area (Å²) in [5.74, 6) is -0.259. The third-order valence-corrected chi connectivity index (χ3v) is 1.82. The van der Waals surface area contributed by atoms with Gasteiger partial charge >= 0.3 is 6.18 Å². The third-order valence-electron chi connectivity index (χ3n) is 1.82. The van der Waals surface area contributed by atoms with E-state index in [0.29, 0.717) is 12.1 Å². The first-order chi connectivity index (χ1) is 7.43. The summed E-state index contributed by atoms with van der Waals surface area (Å²) in [5.41, 5.74) is -0.532. The van der Waals surface area contributed by atoms with Gasteiger partial charge in [-0.3, -0.25) is 10.7 Å². The number of rotatable bonds is 3. The van der Waals surface area contributed by atoms with Crippen LogP contribution in [0, 0.1) is 4.91 Å². The van der Waals surface area contributed by atoms with Crippen molar-refractivity contribution in [3.05, 3.63) is 22.6 Å². The Hall–Kier alpha value is -1.83. The summed E-state index contributed by atoms with van der Waals surface area (Å²) in [7, 11) is 1.14. The minimum absolute atomic E-state index is 0.259. The van der Waals surface area contributed by atoms with Crippen molar-refractivity contribution in [2.45, 2.75) is 6.18 Å². The second-order valence-corrected chi connectivity index (χ2v) is 2.78. The smallest absolute Gasteiger partial charge is 0.416 e. The molecule has 0 aliphatic carbocycles. The SMILES string of the molecule is COc1c(N=O)cc(C(F)(F)F)cc1NO. The highest BCUT2D eigenvalue weighted by Crippen LogP contribution is 2.41. The molecule has 1 rings (SSSR count). The maximum Gasteiger partial charge on any atom is 0.416 e. The number of ether oxygens (including phenoxy) is 1. The van der Waals surface area contributed by atoms with Crippen LogP contribution in [0.4, 0.5) is 24.5 Å². The van der Waals surface area contributed by atoms with E-state index >= 15 is 0 Å². The van der Waals surface area contributed by atoms with E-state index in [2.05, 4.69) is 9.91 Å². The number of nitroso groups, excluding NO2 is 1. The van der Waals surface area contributed by atoms with Gasteiger partial charge in [0.1, 0.15) is 5.69 Å². The molecular formula is C8H7F3N2O3. The molecule has 16 heavy (non-hydrogen) atoms. The van der Waals surface area contributed by atoms with Crippen molar-refractivity contribution in [3.8, 4) is 5.75 Å². The minimum atomic E-state index is -4.64. The Bertz CT molecular complexity index is 406. The zero-order valence-electron chi connectivity index (χ0n) is 8.00. The van der Waals surface area contributed by atoms with Gasteiger partial charge in [0.2, 0.25) is 0 Å². The molecule has 0 saturated heterocycles. The van der Waals surface area contributed by atoms with Crippen LogP contribution in [0.25, 0.3) is 0 Å². The summed E-state index contributed by atoms with van der Waals surface area (Å²) < 4.78 is 41.7. The van der Waals surface area contributed by atoms with E-state index in [9.17, 15) is 18.1 Å². The van der Waals surface area contributed by atoms with Gasteiger partial charge in [0, 0.05) is 0 Å². The molecule has 0 aliphatic rings. The number of methoxy groups -OCH3 is 1.